The largest absolute Gasteiger partial charge is 0.492 e. The van der Waals surface area contributed by atoms with Gasteiger partial charge in [-0.05, 0) is 41.8 Å². The number of nitrogens with zero attached hydrogens (tertiary/aromatic N) is 1. The van der Waals surface area contributed by atoms with E-state index in [2.05, 4.69) is 10.6 Å². The Kier molecular flexibility index (Phi) is 7.14. The predicted octanol–water partition coefficient (Wildman–Crippen LogP) is 3.34. The summed E-state index contributed by atoms with van der Waals surface area (Å²) in [6.07, 6.45) is 1.57. The Balaban J connectivity index is 1.36. The summed E-state index contributed by atoms with van der Waals surface area (Å²) in [6, 6.07) is 14.8. The molecule has 3 rings (SSSR count). The first-order valence-corrected chi connectivity index (χ1v) is 9.73. The van der Waals surface area contributed by atoms with E-state index in [4.69, 9.17) is 16.3 Å². The van der Waals surface area contributed by atoms with Gasteiger partial charge in [0.05, 0.1) is 6.54 Å². The van der Waals surface area contributed by atoms with Crippen molar-refractivity contribution in [3.8, 4) is 5.75 Å². The predicted molar refractivity (Wildman–Crippen MR) is 108 cm³/mol. The SMILES string of the molecule is O=C(NCCOc1ccc(Cl)cc1)NCc1cccc(CN2CCCC2=O)c1. The van der Waals surface area contributed by atoms with Gasteiger partial charge in [-0.25, -0.2) is 4.79 Å². The lowest BCUT2D eigenvalue weighted by molar-refractivity contribution is -0.128. The van der Waals surface area contributed by atoms with Gasteiger partial charge in [-0.1, -0.05) is 35.9 Å². The van der Waals surface area contributed by atoms with Crippen LogP contribution in [-0.2, 0) is 17.9 Å². The number of hydrogen-bond donors (Lipinski definition) is 2. The number of amides is 3. The van der Waals surface area contributed by atoms with Crippen molar-refractivity contribution < 1.29 is 14.3 Å². The molecule has 0 radical (unpaired) electrons. The number of likely N-dealkylation sites (tertiary alicyclic amines) is 1. The van der Waals surface area contributed by atoms with Gasteiger partial charge in [0.15, 0.2) is 0 Å². The fourth-order valence-corrected chi connectivity index (χ4v) is 3.16. The number of nitrogens with one attached hydrogen (secondary N) is 2. The summed E-state index contributed by atoms with van der Waals surface area (Å²) in [5.74, 6) is 0.920. The van der Waals surface area contributed by atoms with Crippen molar-refractivity contribution in [3.63, 3.8) is 0 Å². The molecular formula is C21H24ClN3O3. The highest BCUT2D eigenvalue weighted by molar-refractivity contribution is 6.30. The molecule has 3 amide bonds. The number of ether oxygens (including phenoxy) is 1. The smallest absolute Gasteiger partial charge is 0.315 e. The maximum Gasteiger partial charge on any atom is 0.315 e. The first kappa shape index (κ1) is 20.0. The van der Waals surface area contributed by atoms with Gasteiger partial charge in [0.2, 0.25) is 5.91 Å². The first-order chi connectivity index (χ1) is 13.6. The van der Waals surface area contributed by atoms with Crippen LogP contribution < -0.4 is 15.4 Å². The molecule has 0 unspecified atom stereocenters. The van der Waals surface area contributed by atoms with Gasteiger partial charge in [0, 0.05) is 31.1 Å². The number of carbonyl (C=O) groups excluding carboxylic acids is 2. The van der Waals surface area contributed by atoms with Crippen LogP contribution in [0.2, 0.25) is 5.02 Å². The van der Waals surface area contributed by atoms with Crippen LogP contribution in [-0.4, -0.2) is 36.5 Å². The highest BCUT2D eigenvalue weighted by Gasteiger charge is 2.19. The fourth-order valence-electron chi connectivity index (χ4n) is 3.04. The van der Waals surface area contributed by atoms with Gasteiger partial charge < -0.3 is 20.3 Å². The Labute approximate surface area is 169 Å². The molecule has 0 bridgehead atoms. The molecule has 7 heteroatoms. The standard InChI is InChI=1S/C21H24ClN3O3/c22-18-6-8-19(9-7-18)28-12-10-23-21(27)24-14-16-3-1-4-17(13-16)15-25-11-2-5-20(25)26/h1,3-4,6-9,13H,2,5,10-12,14-15H2,(H2,23,24,27). The molecule has 6 nitrogen and oxygen atoms in total. The van der Waals surface area contributed by atoms with E-state index in [1.807, 2.05) is 29.2 Å². The van der Waals surface area contributed by atoms with E-state index in [0.717, 1.165) is 24.1 Å². The summed E-state index contributed by atoms with van der Waals surface area (Å²) in [7, 11) is 0. The van der Waals surface area contributed by atoms with E-state index >= 15 is 0 Å². The van der Waals surface area contributed by atoms with Crippen LogP contribution in [0, 0.1) is 0 Å². The molecule has 1 aliphatic rings. The highest BCUT2D eigenvalue weighted by Crippen LogP contribution is 2.16. The number of carbonyl (C=O) groups is 2. The maximum atomic E-state index is 11.9. The second kappa shape index (κ2) is 9.99. The van der Waals surface area contributed by atoms with E-state index in [0.29, 0.717) is 43.4 Å². The molecule has 28 heavy (non-hydrogen) atoms. The number of urea groups is 1. The van der Waals surface area contributed by atoms with Gasteiger partial charge in [-0.15, -0.1) is 0 Å². The highest BCUT2D eigenvalue weighted by atomic mass is 35.5. The first-order valence-electron chi connectivity index (χ1n) is 9.36. The third-order valence-corrected chi connectivity index (χ3v) is 4.71. The zero-order chi connectivity index (χ0) is 19.8. The number of hydrogen-bond acceptors (Lipinski definition) is 3. The average molecular weight is 402 g/mol. The molecule has 2 N–H and O–H groups in total. The molecule has 0 aromatic heterocycles. The average Bonchev–Trinajstić information content (AvgIpc) is 3.10. The molecule has 148 valence electrons. The van der Waals surface area contributed by atoms with E-state index in [1.165, 1.54) is 0 Å². The number of benzene rings is 2. The maximum absolute atomic E-state index is 11.9. The minimum absolute atomic E-state index is 0.212. The van der Waals surface area contributed by atoms with Gasteiger partial charge >= 0.3 is 6.03 Å². The second-order valence-electron chi connectivity index (χ2n) is 6.65. The normalized spacial score (nSPS) is 13.5. The zero-order valence-electron chi connectivity index (χ0n) is 15.6. The van der Waals surface area contributed by atoms with Crippen LogP contribution in [0.5, 0.6) is 5.75 Å². The molecule has 2 aromatic carbocycles. The summed E-state index contributed by atoms with van der Waals surface area (Å²) in [4.78, 5) is 25.6. The lowest BCUT2D eigenvalue weighted by atomic mass is 10.1. The second-order valence-corrected chi connectivity index (χ2v) is 7.09. The van der Waals surface area contributed by atoms with Crippen molar-refractivity contribution in [2.75, 3.05) is 19.7 Å². The third-order valence-electron chi connectivity index (χ3n) is 4.46. The van der Waals surface area contributed by atoms with Crippen LogP contribution in [0.25, 0.3) is 0 Å². The Morgan fingerprint density at radius 1 is 1.11 bits per heavy atom. The molecule has 0 saturated carbocycles. The molecule has 0 atom stereocenters. The third kappa shape index (κ3) is 6.16. The molecule has 1 heterocycles. The van der Waals surface area contributed by atoms with Crippen molar-refractivity contribution in [3.05, 3.63) is 64.7 Å². The minimum atomic E-state index is -0.250. The Hall–Kier alpha value is -2.73. The van der Waals surface area contributed by atoms with Crippen molar-refractivity contribution in [1.29, 1.82) is 0 Å². The molecular weight excluding hydrogens is 378 g/mol. The summed E-state index contributed by atoms with van der Waals surface area (Å²) >= 11 is 5.82. The minimum Gasteiger partial charge on any atom is -0.492 e. The lowest BCUT2D eigenvalue weighted by Crippen LogP contribution is -2.37. The summed E-state index contributed by atoms with van der Waals surface area (Å²) in [5, 5.41) is 6.24. The van der Waals surface area contributed by atoms with Crippen LogP contribution in [0.1, 0.15) is 24.0 Å². The van der Waals surface area contributed by atoms with Crippen molar-refractivity contribution in [2.24, 2.45) is 0 Å². The summed E-state index contributed by atoms with van der Waals surface area (Å²) in [6.45, 7) is 2.63. The van der Waals surface area contributed by atoms with E-state index < -0.39 is 0 Å². The van der Waals surface area contributed by atoms with Gasteiger partial charge in [-0.2, -0.15) is 0 Å². The Bertz CT molecular complexity index is 811. The molecule has 2 aromatic rings. The number of rotatable bonds is 8. The molecule has 0 aliphatic carbocycles. The van der Waals surface area contributed by atoms with Gasteiger partial charge in [0.1, 0.15) is 12.4 Å². The molecule has 1 saturated heterocycles. The summed E-state index contributed by atoms with van der Waals surface area (Å²) < 4.78 is 5.53. The van der Waals surface area contributed by atoms with E-state index in [1.54, 1.807) is 24.3 Å². The van der Waals surface area contributed by atoms with E-state index in [-0.39, 0.29) is 11.9 Å². The lowest BCUT2D eigenvalue weighted by Gasteiger charge is -2.16. The molecule has 1 fully saturated rings. The van der Waals surface area contributed by atoms with Crippen molar-refractivity contribution in [2.45, 2.75) is 25.9 Å². The van der Waals surface area contributed by atoms with Crippen molar-refractivity contribution in [1.82, 2.24) is 15.5 Å². The zero-order valence-corrected chi connectivity index (χ0v) is 16.4. The van der Waals surface area contributed by atoms with Crippen LogP contribution in [0.3, 0.4) is 0 Å². The Morgan fingerprint density at radius 2 is 1.89 bits per heavy atom. The van der Waals surface area contributed by atoms with Gasteiger partial charge in [0.25, 0.3) is 0 Å². The number of halogens is 1. The topological polar surface area (TPSA) is 70.7 Å². The molecule has 1 aliphatic heterocycles. The Morgan fingerprint density at radius 3 is 2.64 bits per heavy atom. The van der Waals surface area contributed by atoms with E-state index in [9.17, 15) is 9.59 Å². The van der Waals surface area contributed by atoms with Crippen LogP contribution >= 0.6 is 11.6 Å². The monoisotopic (exact) mass is 401 g/mol. The quantitative estimate of drug-likeness (QED) is 0.666. The van der Waals surface area contributed by atoms with Gasteiger partial charge in [-0.3, -0.25) is 4.79 Å². The summed E-state index contributed by atoms with van der Waals surface area (Å²) in [5.41, 5.74) is 2.07. The fraction of sp³-hybridized carbons (Fsp3) is 0.333. The van der Waals surface area contributed by atoms with Crippen LogP contribution in [0.4, 0.5) is 4.79 Å². The van der Waals surface area contributed by atoms with Crippen molar-refractivity contribution >= 4 is 23.5 Å². The molecule has 0 spiro atoms. The van der Waals surface area contributed by atoms with Crippen LogP contribution in [0.15, 0.2) is 48.5 Å².